The van der Waals surface area contributed by atoms with Crippen molar-refractivity contribution >= 4 is 17.5 Å². The fraction of sp³-hybridized carbons (Fsp3) is 0.316. The van der Waals surface area contributed by atoms with E-state index in [2.05, 4.69) is 10.0 Å². The molecule has 2 aromatic carbocycles. The lowest BCUT2D eigenvalue weighted by Gasteiger charge is -2.26. The fourth-order valence-corrected chi connectivity index (χ4v) is 3.03. The summed E-state index contributed by atoms with van der Waals surface area (Å²) >= 11 is 6.27. The molecule has 1 amide bonds. The van der Waals surface area contributed by atoms with Crippen molar-refractivity contribution in [1.29, 1.82) is 0 Å². The summed E-state index contributed by atoms with van der Waals surface area (Å²) < 4.78 is 10.8. The Balaban J connectivity index is 1.68. The number of ether oxygens (including phenoxy) is 2. The molecular weight excluding hydrogens is 368 g/mol. The molecule has 27 heavy (non-hydrogen) atoms. The lowest BCUT2D eigenvalue weighted by atomic mass is 10.0. The molecule has 3 rings (SSSR count). The quantitative estimate of drug-likeness (QED) is 0.323. The maximum Gasteiger partial charge on any atom is 0.254 e. The van der Waals surface area contributed by atoms with Crippen molar-refractivity contribution in [2.24, 2.45) is 5.11 Å². The number of carbonyl (C=O) groups excluding carboxylic acids is 1. The molecular formula is C19H19ClN4O3. The number of morpholine rings is 1. The van der Waals surface area contributed by atoms with Crippen molar-refractivity contribution in [3.8, 4) is 16.9 Å². The van der Waals surface area contributed by atoms with E-state index in [1.165, 1.54) is 0 Å². The smallest absolute Gasteiger partial charge is 0.254 e. The van der Waals surface area contributed by atoms with Gasteiger partial charge in [0.2, 0.25) is 0 Å². The number of benzene rings is 2. The Labute approximate surface area is 162 Å². The number of rotatable bonds is 6. The van der Waals surface area contributed by atoms with Gasteiger partial charge in [-0.15, -0.1) is 0 Å². The first kappa shape index (κ1) is 19.0. The number of hydrogen-bond acceptors (Lipinski definition) is 4. The van der Waals surface area contributed by atoms with E-state index in [4.69, 9.17) is 26.6 Å². The second kappa shape index (κ2) is 9.28. The molecule has 140 valence electrons. The number of amides is 1. The van der Waals surface area contributed by atoms with Gasteiger partial charge in [0.15, 0.2) is 0 Å². The molecule has 0 bridgehead atoms. The lowest BCUT2D eigenvalue weighted by Crippen LogP contribution is -2.40. The van der Waals surface area contributed by atoms with Crippen LogP contribution in [0.2, 0.25) is 5.02 Å². The minimum atomic E-state index is 0.0201. The van der Waals surface area contributed by atoms with E-state index in [-0.39, 0.29) is 19.1 Å². The van der Waals surface area contributed by atoms with Gasteiger partial charge >= 0.3 is 0 Å². The maximum absolute atomic E-state index is 12.5. The molecule has 1 heterocycles. The molecule has 1 aliphatic heterocycles. The highest BCUT2D eigenvalue weighted by molar-refractivity contribution is 6.32. The minimum absolute atomic E-state index is 0.0201. The van der Waals surface area contributed by atoms with Crippen LogP contribution in [0.15, 0.2) is 47.6 Å². The molecule has 0 aromatic heterocycles. The molecule has 1 saturated heterocycles. The summed E-state index contributed by atoms with van der Waals surface area (Å²) in [5.74, 6) is 0.555. The molecule has 0 spiro atoms. The lowest BCUT2D eigenvalue weighted by molar-refractivity contribution is 0.0303. The SMILES string of the molecule is [N-]=[N+]=NCCOc1ccc(-c2ccc(C(=O)N3CCOCC3)cc2)cc1Cl. The average Bonchev–Trinajstić information content (AvgIpc) is 2.72. The third-order valence-electron chi connectivity index (χ3n) is 4.21. The van der Waals surface area contributed by atoms with E-state index in [1.54, 1.807) is 11.0 Å². The highest BCUT2D eigenvalue weighted by atomic mass is 35.5. The Bertz CT molecular complexity index is 845. The van der Waals surface area contributed by atoms with Crippen LogP contribution in [-0.2, 0) is 4.74 Å². The van der Waals surface area contributed by atoms with Crippen LogP contribution in [0.4, 0.5) is 0 Å². The Hall–Kier alpha value is -2.73. The first-order chi connectivity index (χ1) is 13.2. The van der Waals surface area contributed by atoms with Gasteiger partial charge in [0.25, 0.3) is 5.91 Å². The van der Waals surface area contributed by atoms with E-state index in [0.29, 0.717) is 42.6 Å². The van der Waals surface area contributed by atoms with Crippen molar-refractivity contribution in [3.63, 3.8) is 0 Å². The zero-order valence-corrected chi connectivity index (χ0v) is 15.4. The van der Waals surface area contributed by atoms with E-state index in [0.717, 1.165) is 11.1 Å². The summed E-state index contributed by atoms with van der Waals surface area (Å²) in [6.45, 7) is 2.92. The average molecular weight is 387 g/mol. The molecule has 0 saturated carbocycles. The van der Waals surface area contributed by atoms with Gasteiger partial charge in [-0.05, 0) is 40.9 Å². The van der Waals surface area contributed by atoms with Gasteiger partial charge in [-0.25, -0.2) is 0 Å². The number of azide groups is 1. The molecule has 0 atom stereocenters. The zero-order valence-electron chi connectivity index (χ0n) is 14.7. The highest BCUT2D eigenvalue weighted by Crippen LogP contribution is 2.30. The Morgan fingerprint density at radius 1 is 1.19 bits per heavy atom. The minimum Gasteiger partial charge on any atom is -0.492 e. The molecule has 0 unspecified atom stereocenters. The summed E-state index contributed by atoms with van der Waals surface area (Å²) in [6, 6.07) is 12.9. The van der Waals surface area contributed by atoms with Crippen LogP contribution < -0.4 is 4.74 Å². The zero-order chi connectivity index (χ0) is 19.1. The highest BCUT2D eigenvalue weighted by Gasteiger charge is 2.18. The number of halogens is 1. The van der Waals surface area contributed by atoms with Crippen LogP contribution in [0.25, 0.3) is 21.6 Å². The van der Waals surface area contributed by atoms with Crippen molar-refractivity contribution < 1.29 is 14.3 Å². The molecule has 0 N–H and O–H groups in total. The summed E-state index contributed by atoms with van der Waals surface area (Å²) in [7, 11) is 0. The van der Waals surface area contributed by atoms with Crippen molar-refractivity contribution in [1.82, 2.24) is 4.90 Å². The number of nitrogens with zero attached hydrogens (tertiary/aromatic N) is 4. The van der Waals surface area contributed by atoms with Crippen LogP contribution in [0.5, 0.6) is 5.75 Å². The summed E-state index contributed by atoms with van der Waals surface area (Å²) in [5, 5.41) is 3.89. The maximum atomic E-state index is 12.5. The van der Waals surface area contributed by atoms with E-state index in [9.17, 15) is 4.79 Å². The standard InChI is InChI=1S/C19H19ClN4O3/c20-17-13-16(5-6-18(17)27-10-7-22-23-21)14-1-3-15(4-2-14)19(25)24-8-11-26-12-9-24/h1-6,13H,7-12H2. The first-order valence-electron chi connectivity index (χ1n) is 8.59. The molecule has 2 aromatic rings. The van der Waals surface area contributed by atoms with E-state index < -0.39 is 0 Å². The predicted molar refractivity (Wildman–Crippen MR) is 103 cm³/mol. The summed E-state index contributed by atoms with van der Waals surface area (Å²) in [6.07, 6.45) is 0. The summed E-state index contributed by atoms with van der Waals surface area (Å²) in [4.78, 5) is 17.0. The van der Waals surface area contributed by atoms with Crippen molar-refractivity contribution in [3.05, 3.63) is 63.5 Å². The second-order valence-corrected chi connectivity index (χ2v) is 6.34. The predicted octanol–water partition coefficient (Wildman–Crippen LogP) is 4.17. The molecule has 0 radical (unpaired) electrons. The van der Waals surface area contributed by atoms with E-state index in [1.807, 2.05) is 36.4 Å². The van der Waals surface area contributed by atoms with E-state index >= 15 is 0 Å². The second-order valence-electron chi connectivity index (χ2n) is 5.93. The largest absolute Gasteiger partial charge is 0.492 e. The number of carbonyl (C=O) groups is 1. The third kappa shape index (κ3) is 4.92. The number of hydrogen-bond donors (Lipinski definition) is 0. The van der Waals surface area contributed by atoms with Crippen molar-refractivity contribution in [2.75, 3.05) is 39.5 Å². The molecule has 8 heteroatoms. The van der Waals surface area contributed by atoms with Crippen LogP contribution in [0.3, 0.4) is 0 Å². The van der Waals surface area contributed by atoms with Gasteiger partial charge in [-0.2, -0.15) is 0 Å². The van der Waals surface area contributed by atoms with Gasteiger partial charge in [0.1, 0.15) is 5.75 Å². The van der Waals surface area contributed by atoms with Crippen LogP contribution >= 0.6 is 11.6 Å². The van der Waals surface area contributed by atoms with Gasteiger partial charge in [-0.3, -0.25) is 4.79 Å². The van der Waals surface area contributed by atoms with Gasteiger partial charge in [0, 0.05) is 23.6 Å². The molecule has 7 nitrogen and oxygen atoms in total. The van der Waals surface area contributed by atoms with Gasteiger partial charge in [-0.1, -0.05) is 34.9 Å². The van der Waals surface area contributed by atoms with Crippen molar-refractivity contribution in [2.45, 2.75) is 0 Å². The van der Waals surface area contributed by atoms with Gasteiger partial charge in [0.05, 0.1) is 31.4 Å². The topological polar surface area (TPSA) is 87.5 Å². The van der Waals surface area contributed by atoms with Crippen LogP contribution in [0.1, 0.15) is 10.4 Å². The molecule has 1 fully saturated rings. The van der Waals surface area contributed by atoms with Crippen LogP contribution in [0, 0.1) is 0 Å². The summed E-state index contributed by atoms with van der Waals surface area (Å²) in [5.41, 5.74) is 10.8. The monoisotopic (exact) mass is 386 g/mol. The Kier molecular flexibility index (Phi) is 6.54. The first-order valence-corrected chi connectivity index (χ1v) is 8.97. The fourth-order valence-electron chi connectivity index (χ4n) is 2.79. The Morgan fingerprint density at radius 2 is 1.89 bits per heavy atom. The van der Waals surface area contributed by atoms with Gasteiger partial charge < -0.3 is 14.4 Å². The molecule has 0 aliphatic carbocycles. The molecule has 1 aliphatic rings. The van der Waals surface area contributed by atoms with Crippen LogP contribution in [-0.4, -0.2) is 50.3 Å². The Morgan fingerprint density at radius 3 is 2.56 bits per heavy atom. The normalized spacial score (nSPS) is 13.7. The third-order valence-corrected chi connectivity index (χ3v) is 4.50.